The molecule has 2 aromatic heterocycles. The van der Waals surface area contributed by atoms with Crippen LogP contribution in [0, 0.1) is 0 Å². The Morgan fingerprint density at radius 1 is 1.42 bits per heavy atom. The fraction of sp³-hybridized carbons (Fsp3) is 0.526. The van der Waals surface area contributed by atoms with Crippen molar-refractivity contribution >= 4 is 16.9 Å². The number of carbonyl (C=O) groups excluding carboxylic acids is 1. The highest BCUT2D eigenvalue weighted by atomic mass is 16.5. The van der Waals surface area contributed by atoms with Gasteiger partial charge in [-0.15, -0.1) is 0 Å². The minimum atomic E-state index is -0.719. The number of fused-ring (bicyclic) bond motifs is 1. The van der Waals surface area contributed by atoms with Gasteiger partial charge in [-0.3, -0.25) is 9.59 Å². The molecule has 7 heteroatoms. The van der Waals surface area contributed by atoms with E-state index in [1.54, 1.807) is 26.0 Å². The van der Waals surface area contributed by atoms with E-state index >= 15 is 0 Å². The number of carbonyl (C=O) groups is 1. The van der Waals surface area contributed by atoms with Gasteiger partial charge in [0.1, 0.15) is 11.1 Å². The number of nitrogens with one attached hydrogen (secondary N) is 2. The van der Waals surface area contributed by atoms with Crippen LogP contribution in [0.3, 0.4) is 0 Å². The predicted molar refractivity (Wildman–Crippen MR) is 101 cm³/mol. The Kier molecular flexibility index (Phi) is 6.37. The average Bonchev–Trinajstić information content (AvgIpc) is 2.54. The molecule has 0 spiro atoms. The molecule has 2 heterocycles. The highest BCUT2D eigenvalue weighted by Gasteiger charge is 2.17. The molecule has 0 saturated carbocycles. The number of pyridine rings is 2. The first-order chi connectivity index (χ1) is 12.2. The molecule has 7 nitrogen and oxygen atoms in total. The van der Waals surface area contributed by atoms with Crippen LogP contribution in [0.4, 0.5) is 0 Å². The second kappa shape index (κ2) is 8.31. The van der Waals surface area contributed by atoms with Crippen molar-refractivity contribution in [1.82, 2.24) is 15.3 Å². The molecule has 0 bridgehead atoms. The Hall–Kier alpha value is -2.41. The van der Waals surface area contributed by atoms with E-state index in [1.807, 2.05) is 13.8 Å². The van der Waals surface area contributed by atoms with Gasteiger partial charge in [0, 0.05) is 18.3 Å². The van der Waals surface area contributed by atoms with Crippen LogP contribution in [-0.4, -0.2) is 39.2 Å². The van der Waals surface area contributed by atoms with Crippen LogP contribution in [0.15, 0.2) is 23.1 Å². The van der Waals surface area contributed by atoms with Crippen LogP contribution in [-0.2, 0) is 0 Å². The molecular formula is C19H27N3O4. The topological polar surface area (TPSA) is 104 Å². The molecule has 1 amide bonds. The van der Waals surface area contributed by atoms with Crippen molar-refractivity contribution in [2.45, 2.75) is 58.6 Å². The third-order valence-electron chi connectivity index (χ3n) is 4.04. The van der Waals surface area contributed by atoms with Crippen molar-refractivity contribution in [3.05, 3.63) is 34.1 Å². The molecule has 26 heavy (non-hydrogen) atoms. The summed E-state index contributed by atoms with van der Waals surface area (Å²) in [5.41, 5.74) is -0.399. The minimum absolute atomic E-state index is 0.0213. The number of rotatable bonds is 8. The molecular weight excluding hydrogens is 334 g/mol. The first kappa shape index (κ1) is 19.9. The van der Waals surface area contributed by atoms with E-state index in [4.69, 9.17) is 4.74 Å². The standard InChI is InChI=1S/C19H27N3O4/c1-5-26-15-9-8-14-16(22-15)17(23)13(11-20-14)18(24)21-12(2)7-6-10-19(3,4)25/h8-9,11-12,25H,5-7,10H2,1-4H3,(H,20,23)(H,21,24). The van der Waals surface area contributed by atoms with Crippen LogP contribution >= 0.6 is 0 Å². The Balaban J connectivity index is 2.12. The number of amides is 1. The zero-order valence-corrected chi connectivity index (χ0v) is 15.8. The van der Waals surface area contributed by atoms with E-state index in [0.29, 0.717) is 30.8 Å². The summed E-state index contributed by atoms with van der Waals surface area (Å²) in [5, 5.41) is 12.6. The van der Waals surface area contributed by atoms with Gasteiger partial charge in [-0.1, -0.05) is 0 Å². The highest BCUT2D eigenvalue weighted by molar-refractivity contribution is 5.96. The fourth-order valence-electron chi connectivity index (χ4n) is 2.69. The van der Waals surface area contributed by atoms with E-state index in [1.165, 1.54) is 6.20 Å². The van der Waals surface area contributed by atoms with Crippen molar-refractivity contribution in [2.24, 2.45) is 0 Å². The summed E-state index contributed by atoms with van der Waals surface area (Å²) < 4.78 is 5.32. The van der Waals surface area contributed by atoms with Gasteiger partial charge >= 0.3 is 0 Å². The molecule has 1 atom stereocenters. The maximum Gasteiger partial charge on any atom is 0.257 e. The van der Waals surface area contributed by atoms with Gasteiger partial charge in [-0.2, -0.15) is 0 Å². The number of hydrogen-bond donors (Lipinski definition) is 3. The van der Waals surface area contributed by atoms with E-state index in [-0.39, 0.29) is 17.1 Å². The van der Waals surface area contributed by atoms with E-state index in [0.717, 1.165) is 6.42 Å². The molecule has 0 aliphatic rings. The van der Waals surface area contributed by atoms with E-state index in [9.17, 15) is 14.7 Å². The molecule has 0 aromatic carbocycles. The second-order valence-electron chi connectivity index (χ2n) is 7.09. The summed E-state index contributed by atoms with van der Waals surface area (Å²) in [5.74, 6) is -0.0874. The van der Waals surface area contributed by atoms with Crippen LogP contribution in [0.1, 0.15) is 57.3 Å². The molecule has 2 aromatic rings. The molecule has 0 radical (unpaired) electrons. The Morgan fingerprint density at radius 3 is 2.81 bits per heavy atom. The number of hydrogen-bond acceptors (Lipinski definition) is 5. The first-order valence-corrected chi connectivity index (χ1v) is 8.89. The van der Waals surface area contributed by atoms with Gasteiger partial charge in [0.25, 0.3) is 5.91 Å². The van der Waals surface area contributed by atoms with Gasteiger partial charge in [0.2, 0.25) is 11.3 Å². The fourth-order valence-corrected chi connectivity index (χ4v) is 2.69. The Bertz CT molecular complexity index is 824. The first-order valence-electron chi connectivity index (χ1n) is 8.89. The lowest BCUT2D eigenvalue weighted by Crippen LogP contribution is -2.36. The zero-order valence-electron chi connectivity index (χ0n) is 15.8. The van der Waals surface area contributed by atoms with Crippen molar-refractivity contribution in [3.63, 3.8) is 0 Å². The lowest BCUT2D eigenvalue weighted by atomic mass is 9.99. The molecule has 1 unspecified atom stereocenters. The summed E-state index contributed by atoms with van der Waals surface area (Å²) in [6.45, 7) is 7.67. The van der Waals surface area contributed by atoms with Gasteiger partial charge in [-0.25, -0.2) is 4.98 Å². The molecule has 2 rings (SSSR count). The third kappa shape index (κ3) is 5.29. The quantitative estimate of drug-likeness (QED) is 0.670. The van der Waals surface area contributed by atoms with Gasteiger partial charge in [0.05, 0.1) is 17.7 Å². The largest absolute Gasteiger partial charge is 0.478 e. The SMILES string of the molecule is CCOc1ccc2[nH]cc(C(=O)NC(C)CCCC(C)(C)O)c(=O)c2n1. The Morgan fingerprint density at radius 2 is 2.15 bits per heavy atom. The number of aliphatic hydroxyl groups is 1. The number of H-pyrrole nitrogens is 1. The second-order valence-corrected chi connectivity index (χ2v) is 7.09. The van der Waals surface area contributed by atoms with Crippen molar-refractivity contribution in [3.8, 4) is 5.88 Å². The highest BCUT2D eigenvalue weighted by Crippen LogP contribution is 2.14. The summed E-state index contributed by atoms with van der Waals surface area (Å²) in [6, 6.07) is 3.27. The van der Waals surface area contributed by atoms with Crippen LogP contribution < -0.4 is 15.5 Å². The smallest absolute Gasteiger partial charge is 0.257 e. The van der Waals surface area contributed by atoms with E-state index in [2.05, 4.69) is 15.3 Å². The normalized spacial score (nSPS) is 12.8. The monoisotopic (exact) mass is 361 g/mol. The van der Waals surface area contributed by atoms with E-state index < -0.39 is 16.9 Å². The summed E-state index contributed by atoms with van der Waals surface area (Å²) in [7, 11) is 0. The lowest BCUT2D eigenvalue weighted by molar-refractivity contribution is 0.0674. The molecule has 0 aliphatic heterocycles. The van der Waals surface area contributed by atoms with Crippen molar-refractivity contribution < 1.29 is 14.6 Å². The number of aromatic nitrogens is 2. The molecule has 3 N–H and O–H groups in total. The van der Waals surface area contributed by atoms with Crippen LogP contribution in [0.2, 0.25) is 0 Å². The van der Waals surface area contributed by atoms with Crippen molar-refractivity contribution in [1.29, 1.82) is 0 Å². The molecule has 142 valence electrons. The lowest BCUT2D eigenvalue weighted by Gasteiger charge is -2.19. The Labute approximate surface area is 152 Å². The summed E-state index contributed by atoms with van der Waals surface area (Å²) in [4.78, 5) is 32.2. The predicted octanol–water partition coefficient (Wildman–Crippen LogP) is 2.38. The van der Waals surface area contributed by atoms with Crippen LogP contribution in [0.25, 0.3) is 11.0 Å². The average molecular weight is 361 g/mol. The maximum atomic E-state index is 12.6. The minimum Gasteiger partial charge on any atom is -0.478 e. The molecule has 0 saturated heterocycles. The summed E-state index contributed by atoms with van der Waals surface area (Å²) in [6.07, 6.45) is 3.55. The number of aromatic amines is 1. The van der Waals surface area contributed by atoms with Crippen LogP contribution in [0.5, 0.6) is 5.88 Å². The number of ether oxygens (including phenoxy) is 1. The third-order valence-corrected chi connectivity index (χ3v) is 4.04. The zero-order chi connectivity index (χ0) is 19.3. The summed E-state index contributed by atoms with van der Waals surface area (Å²) >= 11 is 0. The molecule has 0 fully saturated rings. The maximum absolute atomic E-state index is 12.6. The van der Waals surface area contributed by atoms with Crippen molar-refractivity contribution in [2.75, 3.05) is 6.61 Å². The molecule has 0 aliphatic carbocycles. The number of nitrogens with zero attached hydrogens (tertiary/aromatic N) is 1. The van der Waals surface area contributed by atoms with Gasteiger partial charge < -0.3 is 20.1 Å². The van der Waals surface area contributed by atoms with Gasteiger partial charge in [-0.05, 0) is 53.0 Å². The van der Waals surface area contributed by atoms with Gasteiger partial charge in [0.15, 0.2) is 0 Å².